The first kappa shape index (κ1) is 11.8. The Morgan fingerprint density at radius 1 is 1.73 bits per heavy atom. The van der Waals surface area contributed by atoms with E-state index in [0.29, 0.717) is 19.7 Å². The molecule has 0 aromatic heterocycles. The van der Waals surface area contributed by atoms with E-state index in [1.807, 2.05) is 6.92 Å². The Labute approximate surface area is 88.7 Å². The van der Waals surface area contributed by atoms with Crippen LogP contribution in [0.2, 0.25) is 0 Å². The van der Waals surface area contributed by atoms with Crippen LogP contribution < -0.4 is 5.73 Å². The molecule has 15 heavy (non-hydrogen) atoms. The summed E-state index contributed by atoms with van der Waals surface area (Å²) in [5.74, 6) is -0.180. The fraction of sp³-hybridized carbons (Fsp3) is 0.778. The molecule has 1 aliphatic heterocycles. The lowest BCUT2D eigenvalue weighted by atomic mass is 10.3. The summed E-state index contributed by atoms with van der Waals surface area (Å²) in [5.41, 5.74) is 5.28. The Hall–Kier alpha value is -1.30. The lowest BCUT2D eigenvalue weighted by Crippen LogP contribution is -2.38. The highest BCUT2D eigenvalue weighted by Crippen LogP contribution is 2.06. The minimum Gasteiger partial charge on any atom is -0.409 e. The molecular formula is C9H17N3O3. The highest BCUT2D eigenvalue weighted by atomic mass is 16.5. The second-order valence-corrected chi connectivity index (χ2v) is 3.64. The fourth-order valence-electron chi connectivity index (χ4n) is 1.52. The van der Waals surface area contributed by atoms with Gasteiger partial charge in [0.05, 0.1) is 12.5 Å². The van der Waals surface area contributed by atoms with E-state index in [1.165, 1.54) is 0 Å². The van der Waals surface area contributed by atoms with Crippen LogP contribution in [-0.2, 0) is 9.53 Å². The average molecular weight is 215 g/mol. The third-order valence-electron chi connectivity index (χ3n) is 2.27. The molecule has 0 aromatic rings. The molecule has 1 heterocycles. The number of nitrogens with two attached hydrogens (primary N) is 1. The molecule has 1 saturated heterocycles. The maximum Gasteiger partial charge on any atom is 0.230 e. The number of hydrogen-bond donors (Lipinski definition) is 2. The molecule has 6 nitrogen and oxygen atoms in total. The first-order chi connectivity index (χ1) is 7.13. The van der Waals surface area contributed by atoms with Crippen LogP contribution >= 0.6 is 0 Å². The predicted octanol–water partition coefficient (Wildman–Crippen LogP) is -0.240. The summed E-state index contributed by atoms with van der Waals surface area (Å²) in [6.45, 7) is 3.84. The van der Waals surface area contributed by atoms with Gasteiger partial charge < -0.3 is 20.6 Å². The van der Waals surface area contributed by atoms with Gasteiger partial charge in [-0.2, -0.15) is 0 Å². The molecule has 0 bridgehead atoms. The molecule has 1 atom stereocenters. The van der Waals surface area contributed by atoms with Crippen molar-refractivity contribution in [3.63, 3.8) is 0 Å². The van der Waals surface area contributed by atoms with Gasteiger partial charge in [-0.1, -0.05) is 5.16 Å². The zero-order chi connectivity index (χ0) is 11.3. The minimum atomic E-state index is -0.123. The van der Waals surface area contributed by atoms with Crippen LogP contribution in [0.3, 0.4) is 0 Å². The SMILES string of the molecule is CC1CN(C(=O)CC(N)=NO)CCCO1. The number of amides is 1. The number of nitrogens with zero attached hydrogens (tertiary/aromatic N) is 2. The molecule has 86 valence electrons. The van der Waals surface area contributed by atoms with Crippen molar-refractivity contribution < 1.29 is 14.7 Å². The van der Waals surface area contributed by atoms with E-state index in [0.717, 1.165) is 6.42 Å². The van der Waals surface area contributed by atoms with Crippen molar-refractivity contribution in [2.45, 2.75) is 25.9 Å². The molecule has 0 saturated carbocycles. The van der Waals surface area contributed by atoms with Gasteiger partial charge in [0.15, 0.2) is 0 Å². The largest absolute Gasteiger partial charge is 0.409 e. The number of oxime groups is 1. The lowest BCUT2D eigenvalue weighted by molar-refractivity contribution is -0.130. The van der Waals surface area contributed by atoms with Gasteiger partial charge >= 0.3 is 0 Å². The molecule has 1 aliphatic rings. The number of carbonyl (C=O) groups is 1. The van der Waals surface area contributed by atoms with E-state index in [2.05, 4.69) is 5.16 Å². The van der Waals surface area contributed by atoms with Crippen LogP contribution in [0.4, 0.5) is 0 Å². The van der Waals surface area contributed by atoms with Crippen LogP contribution in [0.15, 0.2) is 5.16 Å². The highest BCUT2D eigenvalue weighted by molar-refractivity contribution is 5.98. The first-order valence-corrected chi connectivity index (χ1v) is 4.99. The van der Waals surface area contributed by atoms with E-state index in [1.54, 1.807) is 4.90 Å². The fourth-order valence-corrected chi connectivity index (χ4v) is 1.52. The molecular weight excluding hydrogens is 198 g/mol. The molecule has 0 radical (unpaired) electrons. The topological polar surface area (TPSA) is 88.2 Å². The Bertz CT molecular complexity index is 255. The van der Waals surface area contributed by atoms with E-state index >= 15 is 0 Å². The standard InChI is InChI=1S/C9H17N3O3/c1-7-6-12(3-2-4-15-7)9(13)5-8(10)11-14/h7,14H,2-6H2,1H3,(H2,10,11). The molecule has 1 fully saturated rings. The number of ether oxygens (including phenoxy) is 1. The predicted molar refractivity (Wildman–Crippen MR) is 54.6 cm³/mol. The number of amidine groups is 1. The zero-order valence-corrected chi connectivity index (χ0v) is 8.85. The summed E-state index contributed by atoms with van der Waals surface area (Å²) in [6.07, 6.45) is 0.832. The number of carbonyl (C=O) groups excluding carboxylic acids is 1. The van der Waals surface area contributed by atoms with Crippen molar-refractivity contribution in [1.29, 1.82) is 0 Å². The summed E-state index contributed by atoms with van der Waals surface area (Å²) in [7, 11) is 0. The van der Waals surface area contributed by atoms with Crippen molar-refractivity contribution >= 4 is 11.7 Å². The van der Waals surface area contributed by atoms with Crippen LogP contribution in [0.1, 0.15) is 19.8 Å². The van der Waals surface area contributed by atoms with Gasteiger partial charge in [-0.05, 0) is 13.3 Å². The first-order valence-electron chi connectivity index (χ1n) is 4.99. The maximum absolute atomic E-state index is 11.7. The molecule has 0 aromatic carbocycles. The Morgan fingerprint density at radius 2 is 2.47 bits per heavy atom. The van der Waals surface area contributed by atoms with Crippen LogP contribution in [0, 0.1) is 0 Å². The van der Waals surface area contributed by atoms with Crippen LogP contribution in [0.5, 0.6) is 0 Å². The molecule has 0 spiro atoms. The smallest absolute Gasteiger partial charge is 0.230 e. The summed E-state index contributed by atoms with van der Waals surface area (Å²) >= 11 is 0. The molecule has 0 aliphatic carbocycles. The summed E-state index contributed by atoms with van der Waals surface area (Å²) in [6, 6.07) is 0. The van der Waals surface area contributed by atoms with Crippen molar-refractivity contribution in [2.75, 3.05) is 19.7 Å². The second kappa shape index (κ2) is 5.55. The summed E-state index contributed by atoms with van der Waals surface area (Å²) < 4.78 is 5.41. The van der Waals surface area contributed by atoms with Crippen molar-refractivity contribution in [2.24, 2.45) is 10.9 Å². The van der Waals surface area contributed by atoms with Gasteiger partial charge in [0.1, 0.15) is 5.84 Å². The minimum absolute atomic E-state index is 0.0385. The van der Waals surface area contributed by atoms with Gasteiger partial charge in [0, 0.05) is 19.7 Å². The number of hydrogen-bond acceptors (Lipinski definition) is 4. The molecule has 1 rings (SSSR count). The average Bonchev–Trinajstić information content (AvgIpc) is 2.42. The molecule has 1 amide bonds. The van der Waals surface area contributed by atoms with Gasteiger partial charge in [-0.25, -0.2) is 0 Å². The van der Waals surface area contributed by atoms with E-state index < -0.39 is 0 Å². The van der Waals surface area contributed by atoms with Gasteiger partial charge in [0.2, 0.25) is 5.91 Å². The zero-order valence-electron chi connectivity index (χ0n) is 8.85. The summed E-state index contributed by atoms with van der Waals surface area (Å²) in [4.78, 5) is 13.4. The quantitative estimate of drug-likeness (QED) is 0.288. The Kier molecular flexibility index (Phi) is 4.36. The van der Waals surface area contributed by atoms with E-state index in [9.17, 15) is 4.79 Å². The highest BCUT2D eigenvalue weighted by Gasteiger charge is 2.20. The van der Waals surface area contributed by atoms with E-state index in [-0.39, 0.29) is 24.3 Å². The van der Waals surface area contributed by atoms with Gasteiger partial charge in [-0.15, -0.1) is 0 Å². The van der Waals surface area contributed by atoms with Gasteiger partial charge in [-0.3, -0.25) is 4.79 Å². The van der Waals surface area contributed by atoms with Crippen molar-refractivity contribution in [3.05, 3.63) is 0 Å². The monoisotopic (exact) mass is 215 g/mol. The summed E-state index contributed by atoms with van der Waals surface area (Å²) in [5, 5.41) is 11.1. The van der Waals surface area contributed by atoms with Gasteiger partial charge in [0.25, 0.3) is 0 Å². The van der Waals surface area contributed by atoms with Crippen LogP contribution in [-0.4, -0.2) is 47.7 Å². The molecule has 3 N–H and O–H groups in total. The Balaban J connectivity index is 2.50. The third-order valence-corrected chi connectivity index (χ3v) is 2.27. The van der Waals surface area contributed by atoms with Crippen molar-refractivity contribution in [1.82, 2.24) is 4.90 Å². The maximum atomic E-state index is 11.7. The number of rotatable bonds is 2. The Morgan fingerprint density at radius 3 is 3.13 bits per heavy atom. The normalized spacial score (nSPS) is 23.7. The third kappa shape index (κ3) is 3.75. The lowest BCUT2D eigenvalue weighted by Gasteiger charge is -2.21. The van der Waals surface area contributed by atoms with Crippen molar-refractivity contribution in [3.8, 4) is 0 Å². The second-order valence-electron chi connectivity index (χ2n) is 3.64. The van der Waals surface area contributed by atoms with Crippen LogP contribution in [0.25, 0.3) is 0 Å². The molecule has 6 heteroatoms. The molecule has 1 unspecified atom stereocenters. The van der Waals surface area contributed by atoms with E-state index in [4.69, 9.17) is 15.7 Å².